The molecule has 0 saturated carbocycles. The van der Waals surface area contributed by atoms with Crippen molar-refractivity contribution in [2.24, 2.45) is 5.73 Å². The topological polar surface area (TPSA) is 68.0 Å². The lowest BCUT2D eigenvalue weighted by Crippen LogP contribution is -2.37. The molecular formula is C14H16FN3OS. The third-order valence-electron chi connectivity index (χ3n) is 2.83. The van der Waals surface area contributed by atoms with Crippen molar-refractivity contribution in [1.82, 2.24) is 10.3 Å². The van der Waals surface area contributed by atoms with Crippen LogP contribution in [0.4, 0.5) is 4.39 Å². The van der Waals surface area contributed by atoms with E-state index in [1.807, 2.05) is 6.92 Å². The Morgan fingerprint density at radius 2 is 2.10 bits per heavy atom. The van der Waals surface area contributed by atoms with Crippen LogP contribution in [0.1, 0.15) is 22.3 Å². The summed E-state index contributed by atoms with van der Waals surface area (Å²) < 4.78 is 12.9. The van der Waals surface area contributed by atoms with Gasteiger partial charge in [-0.25, -0.2) is 9.37 Å². The molecule has 1 atom stereocenters. The fraction of sp³-hybridized carbons (Fsp3) is 0.286. The number of hydrogen-bond donors (Lipinski definition) is 2. The average molecular weight is 293 g/mol. The Kier molecular flexibility index (Phi) is 4.46. The van der Waals surface area contributed by atoms with Crippen LogP contribution in [0.3, 0.4) is 0 Å². The van der Waals surface area contributed by atoms with Crippen LogP contribution in [-0.4, -0.2) is 23.5 Å². The number of thiazole rings is 1. The summed E-state index contributed by atoms with van der Waals surface area (Å²) in [5.74, 6) is -0.469. The van der Waals surface area contributed by atoms with Crippen molar-refractivity contribution in [3.63, 3.8) is 0 Å². The van der Waals surface area contributed by atoms with E-state index in [1.165, 1.54) is 23.5 Å². The molecule has 0 aliphatic rings. The first kappa shape index (κ1) is 14.6. The van der Waals surface area contributed by atoms with E-state index in [4.69, 9.17) is 5.73 Å². The summed E-state index contributed by atoms with van der Waals surface area (Å²) in [5.41, 5.74) is 6.94. The molecule has 20 heavy (non-hydrogen) atoms. The quantitative estimate of drug-likeness (QED) is 0.909. The summed E-state index contributed by atoms with van der Waals surface area (Å²) in [6.07, 6.45) is 0. The lowest BCUT2D eigenvalue weighted by molar-refractivity contribution is 0.0944. The zero-order chi connectivity index (χ0) is 14.7. The van der Waals surface area contributed by atoms with E-state index in [1.54, 1.807) is 19.1 Å². The number of carbonyl (C=O) groups excluding carboxylic acids is 1. The van der Waals surface area contributed by atoms with Crippen molar-refractivity contribution in [1.29, 1.82) is 0 Å². The summed E-state index contributed by atoms with van der Waals surface area (Å²) in [6, 6.07) is 5.97. The van der Waals surface area contributed by atoms with Gasteiger partial charge in [0.05, 0.1) is 5.69 Å². The molecule has 6 heteroatoms. The van der Waals surface area contributed by atoms with Crippen LogP contribution in [0, 0.1) is 12.7 Å². The van der Waals surface area contributed by atoms with Gasteiger partial charge in [-0.1, -0.05) is 0 Å². The first-order valence-electron chi connectivity index (χ1n) is 6.25. The van der Waals surface area contributed by atoms with Crippen molar-refractivity contribution >= 4 is 17.2 Å². The number of nitrogens with two attached hydrogens (primary N) is 1. The molecule has 0 saturated heterocycles. The van der Waals surface area contributed by atoms with Crippen molar-refractivity contribution < 1.29 is 9.18 Å². The summed E-state index contributed by atoms with van der Waals surface area (Å²) in [4.78, 5) is 17.0. The molecular weight excluding hydrogens is 277 g/mol. The molecule has 0 spiro atoms. The van der Waals surface area contributed by atoms with E-state index >= 15 is 0 Å². The molecule has 2 rings (SSSR count). The predicted molar refractivity (Wildman–Crippen MR) is 78.2 cm³/mol. The van der Waals surface area contributed by atoms with Crippen LogP contribution in [0.25, 0.3) is 10.6 Å². The van der Waals surface area contributed by atoms with E-state index in [0.717, 1.165) is 5.56 Å². The number of nitrogens with one attached hydrogen (secondary N) is 1. The van der Waals surface area contributed by atoms with Crippen molar-refractivity contribution in [2.75, 3.05) is 6.54 Å². The molecule has 0 unspecified atom stereocenters. The Morgan fingerprint density at radius 1 is 1.45 bits per heavy atom. The summed E-state index contributed by atoms with van der Waals surface area (Å²) in [6.45, 7) is 4.01. The van der Waals surface area contributed by atoms with Crippen molar-refractivity contribution in [3.05, 3.63) is 40.7 Å². The van der Waals surface area contributed by atoms with Crippen LogP contribution in [0.5, 0.6) is 0 Å². The predicted octanol–water partition coefficient (Wildman–Crippen LogP) is 2.33. The fourth-order valence-electron chi connectivity index (χ4n) is 1.67. The molecule has 4 nitrogen and oxygen atoms in total. The molecule has 2 aromatic rings. The lowest BCUT2D eigenvalue weighted by atomic mass is 10.2. The smallest absolute Gasteiger partial charge is 0.263 e. The molecule has 1 heterocycles. The van der Waals surface area contributed by atoms with E-state index < -0.39 is 0 Å². The Morgan fingerprint density at radius 3 is 2.70 bits per heavy atom. The van der Waals surface area contributed by atoms with Gasteiger partial charge in [0.1, 0.15) is 15.7 Å². The van der Waals surface area contributed by atoms with Crippen LogP contribution < -0.4 is 11.1 Å². The Labute approximate surface area is 120 Å². The number of benzene rings is 1. The zero-order valence-corrected chi connectivity index (χ0v) is 12.1. The first-order chi connectivity index (χ1) is 9.51. The molecule has 0 aliphatic heterocycles. The molecule has 3 N–H and O–H groups in total. The second kappa shape index (κ2) is 6.11. The van der Waals surface area contributed by atoms with Crippen LogP contribution in [0.2, 0.25) is 0 Å². The highest BCUT2D eigenvalue weighted by Crippen LogP contribution is 2.28. The van der Waals surface area contributed by atoms with Gasteiger partial charge in [0.2, 0.25) is 0 Å². The summed E-state index contributed by atoms with van der Waals surface area (Å²) in [5, 5.41) is 3.51. The summed E-state index contributed by atoms with van der Waals surface area (Å²) >= 11 is 1.29. The number of nitrogens with zero attached hydrogens (tertiary/aromatic N) is 1. The molecule has 106 valence electrons. The number of aryl methyl sites for hydroxylation is 1. The standard InChI is InChI=1S/C14H16FN3OS/c1-8(7-16)17-13(19)12-9(2)18-14(20-12)10-3-5-11(15)6-4-10/h3-6,8H,7,16H2,1-2H3,(H,17,19)/t8-/m0/s1. The normalized spacial score (nSPS) is 12.2. The van der Waals surface area contributed by atoms with E-state index in [-0.39, 0.29) is 17.8 Å². The minimum absolute atomic E-state index is 0.0849. The van der Waals surface area contributed by atoms with Crippen LogP contribution in [0.15, 0.2) is 24.3 Å². The van der Waals surface area contributed by atoms with Gasteiger partial charge in [-0.05, 0) is 38.1 Å². The fourth-order valence-corrected chi connectivity index (χ4v) is 2.65. The van der Waals surface area contributed by atoms with Gasteiger partial charge < -0.3 is 11.1 Å². The third-order valence-corrected chi connectivity index (χ3v) is 4.03. The highest BCUT2D eigenvalue weighted by molar-refractivity contribution is 7.17. The number of halogens is 1. The largest absolute Gasteiger partial charge is 0.348 e. The molecule has 1 amide bonds. The second-order valence-corrected chi connectivity index (χ2v) is 5.55. The van der Waals surface area contributed by atoms with Gasteiger partial charge in [0.25, 0.3) is 5.91 Å². The maximum atomic E-state index is 12.9. The van der Waals surface area contributed by atoms with E-state index in [2.05, 4.69) is 10.3 Å². The van der Waals surface area contributed by atoms with Crippen LogP contribution >= 0.6 is 11.3 Å². The minimum atomic E-state index is -0.295. The minimum Gasteiger partial charge on any atom is -0.348 e. The van der Waals surface area contributed by atoms with Gasteiger partial charge in [0, 0.05) is 18.2 Å². The van der Waals surface area contributed by atoms with Gasteiger partial charge in [-0.2, -0.15) is 0 Å². The summed E-state index contributed by atoms with van der Waals surface area (Å²) in [7, 11) is 0. The van der Waals surface area contributed by atoms with Gasteiger partial charge >= 0.3 is 0 Å². The molecule has 0 bridgehead atoms. The van der Waals surface area contributed by atoms with Gasteiger partial charge in [0.15, 0.2) is 0 Å². The maximum absolute atomic E-state index is 12.9. The lowest BCUT2D eigenvalue weighted by Gasteiger charge is -2.09. The van der Waals surface area contributed by atoms with Crippen molar-refractivity contribution in [3.8, 4) is 10.6 Å². The Hall–Kier alpha value is -1.79. The number of rotatable bonds is 4. The molecule has 0 fully saturated rings. The number of aromatic nitrogens is 1. The molecule has 0 radical (unpaired) electrons. The second-order valence-electron chi connectivity index (χ2n) is 4.55. The van der Waals surface area contributed by atoms with Gasteiger partial charge in [-0.15, -0.1) is 11.3 Å². The number of carbonyl (C=O) groups is 1. The zero-order valence-electron chi connectivity index (χ0n) is 11.3. The third kappa shape index (κ3) is 3.20. The Bertz CT molecular complexity index is 609. The SMILES string of the molecule is Cc1nc(-c2ccc(F)cc2)sc1C(=O)N[C@@H](C)CN. The highest BCUT2D eigenvalue weighted by Gasteiger charge is 2.17. The molecule has 1 aromatic carbocycles. The highest BCUT2D eigenvalue weighted by atomic mass is 32.1. The van der Waals surface area contributed by atoms with E-state index in [9.17, 15) is 9.18 Å². The van der Waals surface area contributed by atoms with Gasteiger partial charge in [-0.3, -0.25) is 4.79 Å². The molecule has 1 aromatic heterocycles. The number of hydrogen-bond acceptors (Lipinski definition) is 4. The average Bonchev–Trinajstić information content (AvgIpc) is 2.81. The Balaban J connectivity index is 2.25. The number of amides is 1. The molecule has 0 aliphatic carbocycles. The van der Waals surface area contributed by atoms with Crippen molar-refractivity contribution in [2.45, 2.75) is 19.9 Å². The maximum Gasteiger partial charge on any atom is 0.263 e. The van der Waals surface area contributed by atoms with E-state index in [0.29, 0.717) is 22.1 Å². The first-order valence-corrected chi connectivity index (χ1v) is 7.07. The van der Waals surface area contributed by atoms with Crippen LogP contribution in [-0.2, 0) is 0 Å². The monoisotopic (exact) mass is 293 g/mol.